The molecule has 184 valence electrons. The molecule has 1 saturated heterocycles. The van der Waals surface area contributed by atoms with Gasteiger partial charge < -0.3 is 9.80 Å². The normalized spacial score (nSPS) is 17.1. The molecule has 2 aromatic rings. The van der Waals surface area contributed by atoms with E-state index >= 15 is 0 Å². The molecule has 1 aliphatic heterocycles. The lowest BCUT2D eigenvalue weighted by molar-refractivity contribution is -0.134. The van der Waals surface area contributed by atoms with E-state index in [9.17, 15) is 4.79 Å². The Labute approximate surface area is 212 Å². The summed E-state index contributed by atoms with van der Waals surface area (Å²) in [5, 5.41) is 9.94. The monoisotopic (exact) mass is 504 g/mol. The van der Waals surface area contributed by atoms with E-state index in [2.05, 4.69) is 31.8 Å². The molecule has 2 aliphatic rings. The number of carbonyl (C=O) groups is 1. The summed E-state index contributed by atoms with van der Waals surface area (Å²) in [5.41, 5.74) is 1.52. The Morgan fingerprint density at radius 1 is 1.06 bits per heavy atom. The van der Waals surface area contributed by atoms with E-state index in [0.717, 1.165) is 63.2 Å². The predicted molar refractivity (Wildman–Crippen MR) is 139 cm³/mol. The smallest absolute Gasteiger partial charge is 0.236 e. The lowest BCUT2D eigenvalue weighted by Crippen LogP contribution is -2.55. The van der Waals surface area contributed by atoms with Crippen LogP contribution in [0.5, 0.6) is 0 Å². The van der Waals surface area contributed by atoms with Crippen molar-refractivity contribution < 1.29 is 4.79 Å². The van der Waals surface area contributed by atoms with Crippen molar-refractivity contribution in [2.45, 2.75) is 32.2 Å². The number of aromatic nitrogens is 2. The second-order valence-electron chi connectivity index (χ2n) is 9.22. The molecule has 1 amide bonds. The van der Waals surface area contributed by atoms with Crippen LogP contribution in [0.2, 0.25) is 10.0 Å². The van der Waals surface area contributed by atoms with Gasteiger partial charge in [-0.05, 0) is 57.1 Å². The zero-order valence-electron chi connectivity index (χ0n) is 20.1. The van der Waals surface area contributed by atoms with Crippen molar-refractivity contribution in [2.75, 3.05) is 64.3 Å². The van der Waals surface area contributed by atoms with Crippen LogP contribution in [0, 0.1) is 0 Å². The highest BCUT2D eigenvalue weighted by Gasteiger charge is 2.29. The second kappa shape index (κ2) is 11.7. The molecule has 7 nitrogen and oxygen atoms in total. The van der Waals surface area contributed by atoms with Gasteiger partial charge in [0.25, 0.3) is 0 Å². The van der Waals surface area contributed by atoms with Crippen LogP contribution < -0.4 is 4.90 Å². The van der Waals surface area contributed by atoms with E-state index in [1.54, 1.807) is 12.1 Å². The minimum atomic E-state index is 0.225. The SMILES string of the molecule is CCN(CCN(C)CC(=O)N1CCN(C2CCC2)CC1)c1ccc(-c2ccc(Cl)cc2Cl)nn1. The van der Waals surface area contributed by atoms with Crippen LogP contribution in [0.25, 0.3) is 11.3 Å². The topological polar surface area (TPSA) is 55.8 Å². The van der Waals surface area contributed by atoms with Gasteiger partial charge in [-0.3, -0.25) is 14.6 Å². The van der Waals surface area contributed by atoms with Crippen LogP contribution in [0.15, 0.2) is 30.3 Å². The predicted octanol–water partition coefficient (Wildman–Crippen LogP) is 3.91. The molecule has 0 N–H and O–H groups in total. The maximum absolute atomic E-state index is 12.8. The highest BCUT2D eigenvalue weighted by molar-refractivity contribution is 6.36. The Kier molecular flexibility index (Phi) is 8.64. The fourth-order valence-corrected chi connectivity index (χ4v) is 5.06. The number of anilines is 1. The fourth-order valence-electron chi connectivity index (χ4n) is 4.56. The van der Waals surface area contributed by atoms with Crippen molar-refractivity contribution in [1.82, 2.24) is 24.9 Å². The van der Waals surface area contributed by atoms with E-state index in [4.69, 9.17) is 23.2 Å². The fraction of sp³-hybridized carbons (Fsp3) is 0.560. The summed E-state index contributed by atoms with van der Waals surface area (Å²) in [6.07, 6.45) is 4.01. The second-order valence-corrected chi connectivity index (χ2v) is 10.1. The number of nitrogens with zero attached hydrogens (tertiary/aromatic N) is 6. The molecule has 34 heavy (non-hydrogen) atoms. The van der Waals surface area contributed by atoms with Crippen LogP contribution in [-0.2, 0) is 4.79 Å². The number of amides is 1. The number of rotatable bonds is 9. The summed E-state index contributed by atoms with van der Waals surface area (Å²) in [6.45, 7) is 8.62. The molecule has 9 heteroatoms. The van der Waals surface area contributed by atoms with Crippen LogP contribution in [0.4, 0.5) is 5.82 Å². The molecule has 1 aromatic carbocycles. The Morgan fingerprint density at radius 3 is 2.41 bits per heavy atom. The summed E-state index contributed by atoms with van der Waals surface area (Å²) < 4.78 is 0. The van der Waals surface area contributed by atoms with Gasteiger partial charge in [0.2, 0.25) is 5.91 Å². The first-order valence-corrected chi connectivity index (χ1v) is 12.9. The molecule has 1 saturated carbocycles. The molecule has 0 spiro atoms. The summed E-state index contributed by atoms with van der Waals surface area (Å²) in [4.78, 5) is 21.6. The van der Waals surface area contributed by atoms with Crippen molar-refractivity contribution in [3.05, 3.63) is 40.4 Å². The summed E-state index contributed by atoms with van der Waals surface area (Å²) in [5.74, 6) is 1.03. The Hall–Kier alpha value is -1.93. The maximum Gasteiger partial charge on any atom is 0.236 e. The lowest BCUT2D eigenvalue weighted by atomic mass is 9.91. The first kappa shape index (κ1) is 25.2. The number of carbonyl (C=O) groups excluding carboxylic acids is 1. The highest BCUT2D eigenvalue weighted by Crippen LogP contribution is 2.29. The van der Waals surface area contributed by atoms with Crippen molar-refractivity contribution >= 4 is 34.9 Å². The number of hydrogen-bond acceptors (Lipinski definition) is 6. The average Bonchev–Trinajstić information content (AvgIpc) is 2.79. The Balaban J connectivity index is 1.25. The Morgan fingerprint density at radius 2 is 1.82 bits per heavy atom. The third kappa shape index (κ3) is 6.19. The molecule has 0 unspecified atom stereocenters. The molecule has 1 aliphatic carbocycles. The Bertz CT molecular complexity index is 960. The molecule has 4 rings (SSSR count). The number of likely N-dealkylation sites (N-methyl/N-ethyl adjacent to an activating group) is 2. The van der Waals surface area contributed by atoms with Crippen molar-refractivity contribution in [3.63, 3.8) is 0 Å². The zero-order chi connectivity index (χ0) is 24.1. The molecular weight excluding hydrogens is 471 g/mol. The van der Waals surface area contributed by atoms with Crippen molar-refractivity contribution in [1.29, 1.82) is 0 Å². The molecule has 0 bridgehead atoms. The first-order chi connectivity index (χ1) is 16.4. The maximum atomic E-state index is 12.8. The summed E-state index contributed by atoms with van der Waals surface area (Å²) in [7, 11) is 2.01. The summed E-state index contributed by atoms with van der Waals surface area (Å²) in [6, 6.07) is 10.0. The zero-order valence-corrected chi connectivity index (χ0v) is 21.6. The third-order valence-electron chi connectivity index (χ3n) is 6.98. The number of halogens is 2. The number of piperazine rings is 1. The van der Waals surface area contributed by atoms with Gasteiger partial charge in [-0.1, -0.05) is 29.6 Å². The van der Waals surface area contributed by atoms with Gasteiger partial charge >= 0.3 is 0 Å². The minimum absolute atomic E-state index is 0.225. The first-order valence-electron chi connectivity index (χ1n) is 12.2. The largest absolute Gasteiger partial charge is 0.354 e. The van der Waals surface area contributed by atoms with Gasteiger partial charge in [-0.15, -0.1) is 10.2 Å². The van der Waals surface area contributed by atoms with E-state index in [1.807, 2.05) is 30.1 Å². The van der Waals surface area contributed by atoms with Gasteiger partial charge in [0, 0.05) is 62.4 Å². The van der Waals surface area contributed by atoms with Gasteiger partial charge in [0.1, 0.15) is 0 Å². The van der Waals surface area contributed by atoms with Crippen LogP contribution in [0.3, 0.4) is 0 Å². The van der Waals surface area contributed by atoms with Crippen LogP contribution in [-0.4, -0.2) is 96.3 Å². The lowest BCUT2D eigenvalue weighted by Gasteiger charge is -2.43. The minimum Gasteiger partial charge on any atom is -0.354 e. The quantitative estimate of drug-likeness (QED) is 0.515. The van der Waals surface area contributed by atoms with E-state index < -0.39 is 0 Å². The average molecular weight is 505 g/mol. The van der Waals surface area contributed by atoms with Gasteiger partial charge in [-0.25, -0.2) is 0 Å². The van der Waals surface area contributed by atoms with Gasteiger partial charge in [-0.2, -0.15) is 0 Å². The van der Waals surface area contributed by atoms with Crippen LogP contribution >= 0.6 is 23.2 Å². The molecule has 2 heterocycles. The molecule has 2 fully saturated rings. The van der Waals surface area contributed by atoms with Crippen LogP contribution in [0.1, 0.15) is 26.2 Å². The molecule has 0 atom stereocenters. The third-order valence-corrected chi connectivity index (χ3v) is 7.53. The van der Waals surface area contributed by atoms with Crippen molar-refractivity contribution in [2.24, 2.45) is 0 Å². The molecule has 1 aromatic heterocycles. The van der Waals surface area contributed by atoms with E-state index in [-0.39, 0.29) is 5.91 Å². The standard InChI is InChI=1S/C25H34Cl2N6O/c1-3-31(24-10-9-23(28-29-24)21-8-7-19(26)17-22(21)27)12-11-30(2)18-25(34)33-15-13-32(14-16-33)20-5-4-6-20/h7-10,17,20H,3-6,11-16,18H2,1-2H3. The number of benzene rings is 1. The van der Waals surface area contributed by atoms with Gasteiger partial charge in [0.05, 0.1) is 17.3 Å². The van der Waals surface area contributed by atoms with E-state index in [0.29, 0.717) is 22.3 Å². The van der Waals surface area contributed by atoms with Crippen molar-refractivity contribution in [3.8, 4) is 11.3 Å². The van der Waals surface area contributed by atoms with E-state index in [1.165, 1.54) is 19.3 Å². The highest BCUT2D eigenvalue weighted by atomic mass is 35.5. The molecule has 0 radical (unpaired) electrons. The summed E-state index contributed by atoms with van der Waals surface area (Å²) >= 11 is 12.3. The molecular formula is C25H34Cl2N6O. The van der Waals surface area contributed by atoms with Gasteiger partial charge in [0.15, 0.2) is 5.82 Å². The number of hydrogen-bond donors (Lipinski definition) is 0.